The van der Waals surface area contributed by atoms with Crippen molar-refractivity contribution < 1.29 is 25.9 Å². The Hall–Kier alpha value is 0.430. The average Bonchev–Trinajstić information content (AvgIpc) is 1.72. The van der Waals surface area contributed by atoms with E-state index < -0.39 is 0 Å². The molecule has 6 heavy (non-hydrogen) atoms. The Labute approximate surface area is 47.6 Å². The summed E-state index contributed by atoms with van der Waals surface area (Å²) in [7, 11) is 0. The number of alkyl halides is 1. The van der Waals surface area contributed by atoms with Crippen LogP contribution in [-0.4, -0.2) is 11.2 Å². The number of ether oxygens (including phenoxy) is 1. The van der Waals surface area contributed by atoms with Gasteiger partial charge in [0, 0.05) is 0 Å². The summed E-state index contributed by atoms with van der Waals surface area (Å²) in [5.41, 5.74) is 0. The van der Waals surface area contributed by atoms with E-state index in [0.717, 1.165) is 11.2 Å². The fourth-order valence-electron chi connectivity index (χ4n) is 0.293. The molecule has 0 aromatic carbocycles. The number of halogens is 1. The van der Waals surface area contributed by atoms with E-state index in [1.165, 1.54) is 0 Å². The van der Waals surface area contributed by atoms with Crippen LogP contribution in [0.15, 0.2) is 10.2 Å². The molecule has 0 aromatic rings. The second-order valence-electron chi connectivity index (χ2n) is 0.996. The number of rotatable bonds is 0. The summed E-state index contributed by atoms with van der Waals surface area (Å²) in [5.74, 6) is 0. The van der Waals surface area contributed by atoms with Gasteiger partial charge in [-0.1, -0.05) is 0 Å². The van der Waals surface area contributed by atoms with E-state index in [0.29, 0.717) is 21.2 Å². The first-order valence-electron chi connectivity index (χ1n) is 1.80. The molecule has 1 heterocycles. The molecule has 0 unspecified atom stereocenters. The average molecular weight is 197 g/mol. The molecule has 0 N–H and O–H groups in total. The minimum atomic E-state index is 0.312. The van der Waals surface area contributed by atoms with Gasteiger partial charge < -0.3 is 0 Å². The first-order valence-corrected chi connectivity index (χ1v) is 4.58. The van der Waals surface area contributed by atoms with E-state index in [9.17, 15) is 0 Å². The predicted molar refractivity (Wildman–Crippen MR) is 20.0 cm³/mol. The molecule has 1 aliphatic heterocycles. The second-order valence-corrected chi connectivity index (χ2v) is 3.22. The Morgan fingerprint density at radius 3 is 2.83 bits per heavy atom. The summed E-state index contributed by atoms with van der Waals surface area (Å²) in [6, 6.07) is 0. The van der Waals surface area contributed by atoms with Crippen molar-refractivity contribution in [3.8, 4) is 0 Å². The molecule has 0 spiro atoms. The first-order chi connectivity index (χ1) is 3.00. The van der Waals surface area contributed by atoms with E-state index in [1.54, 1.807) is 0 Å². The van der Waals surface area contributed by atoms with Gasteiger partial charge in [0.25, 0.3) is 0 Å². The third-order valence-electron chi connectivity index (χ3n) is 0.532. The quantitative estimate of drug-likeness (QED) is 0.310. The zero-order valence-corrected chi connectivity index (χ0v) is 5.51. The molecular weight excluding hydrogens is 191 g/mol. The molecular formula is C4H6IO-. The van der Waals surface area contributed by atoms with Gasteiger partial charge in [0.2, 0.25) is 0 Å². The summed E-state index contributed by atoms with van der Waals surface area (Å²) in [5, 5.41) is 0. The van der Waals surface area contributed by atoms with Crippen molar-refractivity contribution in [3.63, 3.8) is 0 Å². The molecule has 0 saturated carbocycles. The van der Waals surface area contributed by atoms with Gasteiger partial charge >= 0.3 is 47.3 Å². The van der Waals surface area contributed by atoms with Gasteiger partial charge in [0.1, 0.15) is 0 Å². The molecule has 36 valence electrons. The molecule has 0 amide bonds. The number of hydrogen-bond acceptors (Lipinski definition) is 1. The topological polar surface area (TPSA) is 9.23 Å². The maximum atomic E-state index is 5.03. The third kappa shape index (κ3) is 1.26. The van der Waals surface area contributed by atoms with Crippen LogP contribution in [0, 0.1) is 0 Å². The summed E-state index contributed by atoms with van der Waals surface area (Å²) in [6.07, 6.45) is 2.09. The molecule has 0 aromatic heterocycles. The van der Waals surface area contributed by atoms with Crippen LogP contribution in [0.4, 0.5) is 0 Å². The van der Waals surface area contributed by atoms with Crippen LogP contribution in [0.2, 0.25) is 0 Å². The van der Waals surface area contributed by atoms with Crippen LogP contribution in [0.1, 0.15) is 0 Å². The van der Waals surface area contributed by atoms with Crippen molar-refractivity contribution in [1.82, 2.24) is 0 Å². The molecule has 0 bridgehead atoms. The molecule has 0 atom stereocenters. The van der Waals surface area contributed by atoms with E-state index in [4.69, 9.17) is 4.74 Å². The molecule has 0 fully saturated rings. The summed E-state index contributed by atoms with van der Waals surface area (Å²) >= 11 is 0.312. The zero-order chi connectivity index (χ0) is 4.24. The van der Waals surface area contributed by atoms with Crippen LogP contribution >= 0.6 is 0 Å². The van der Waals surface area contributed by atoms with E-state index in [2.05, 4.69) is 10.2 Å². The minimum absolute atomic E-state index is 0.312. The predicted octanol–water partition coefficient (Wildman–Crippen LogP) is -2.42. The summed E-state index contributed by atoms with van der Waals surface area (Å²) < 4.78 is 8.31. The fraction of sp³-hybridized carbons (Fsp3) is 0.500. The van der Waals surface area contributed by atoms with Gasteiger partial charge in [0.15, 0.2) is 0 Å². The molecule has 0 saturated heterocycles. The van der Waals surface area contributed by atoms with E-state index in [1.807, 2.05) is 0 Å². The van der Waals surface area contributed by atoms with Crippen LogP contribution in [0.5, 0.6) is 0 Å². The first kappa shape index (κ1) is 4.59. The summed E-state index contributed by atoms with van der Waals surface area (Å²) in [4.78, 5) is 0. The Bertz CT molecular complexity index is 52.6. The van der Waals surface area contributed by atoms with Gasteiger partial charge in [-0.05, 0) is 0 Å². The summed E-state index contributed by atoms with van der Waals surface area (Å²) in [6.45, 7) is 0.847. The van der Waals surface area contributed by atoms with Gasteiger partial charge in [-0.15, -0.1) is 0 Å². The van der Waals surface area contributed by atoms with Crippen LogP contribution in [-0.2, 0) is 4.74 Å². The molecule has 1 rings (SSSR count). The van der Waals surface area contributed by atoms with Gasteiger partial charge in [-0.3, -0.25) is 0 Å². The second kappa shape index (κ2) is 2.58. The van der Waals surface area contributed by atoms with Crippen molar-refractivity contribution in [2.24, 2.45) is 0 Å². The van der Waals surface area contributed by atoms with Crippen molar-refractivity contribution in [1.29, 1.82) is 0 Å². The number of hydrogen-bond donors (Lipinski definition) is 0. The third-order valence-corrected chi connectivity index (χ3v) is 2.35. The Balaban J connectivity index is 2.26. The van der Waals surface area contributed by atoms with Crippen molar-refractivity contribution >= 4 is 0 Å². The molecule has 0 aliphatic carbocycles. The normalized spacial score (nSPS) is 22.7. The van der Waals surface area contributed by atoms with Crippen LogP contribution in [0.3, 0.4) is 0 Å². The Morgan fingerprint density at radius 1 is 1.67 bits per heavy atom. The van der Waals surface area contributed by atoms with Gasteiger partial charge in [-0.2, -0.15) is 0 Å². The van der Waals surface area contributed by atoms with Crippen LogP contribution in [0.25, 0.3) is 0 Å². The van der Waals surface area contributed by atoms with Crippen molar-refractivity contribution in [2.45, 2.75) is 0 Å². The van der Waals surface area contributed by atoms with E-state index in [-0.39, 0.29) is 0 Å². The van der Waals surface area contributed by atoms with Gasteiger partial charge in [0.05, 0.1) is 0 Å². The maximum absolute atomic E-state index is 5.03. The standard InChI is InChI=1S/C4H6IO/c1-2-5-4-6-3-1/h1-2H,3-4H2/q-1. The van der Waals surface area contributed by atoms with Crippen molar-refractivity contribution in [3.05, 3.63) is 10.2 Å². The molecule has 1 nitrogen and oxygen atoms in total. The molecule has 2 heteroatoms. The monoisotopic (exact) mass is 197 g/mol. The zero-order valence-electron chi connectivity index (χ0n) is 3.36. The van der Waals surface area contributed by atoms with Gasteiger partial charge in [-0.25, -0.2) is 0 Å². The molecule has 1 aliphatic rings. The fourth-order valence-corrected chi connectivity index (χ4v) is 1.58. The van der Waals surface area contributed by atoms with E-state index >= 15 is 0 Å². The Kier molecular flexibility index (Phi) is 1.97. The van der Waals surface area contributed by atoms with Crippen LogP contribution < -0.4 is 21.2 Å². The molecule has 0 radical (unpaired) electrons. The SMILES string of the molecule is C1=C[I-]COC1. The van der Waals surface area contributed by atoms with Crippen molar-refractivity contribution in [2.75, 3.05) is 11.2 Å². The Morgan fingerprint density at radius 2 is 2.67 bits per heavy atom.